The van der Waals surface area contributed by atoms with Gasteiger partial charge in [-0.15, -0.1) is 29.3 Å². The molecule has 2 aromatic rings. The Labute approximate surface area is 144 Å². The lowest BCUT2D eigenvalue weighted by Crippen LogP contribution is -2.29. The van der Waals surface area contributed by atoms with Crippen molar-refractivity contribution in [2.24, 2.45) is 0 Å². The maximum absolute atomic E-state index is 12.6. The normalized spacial score (nSPS) is 14.0. The van der Waals surface area contributed by atoms with Crippen LogP contribution in [-0.4, -0.2) is 22.4 Å². The number of thiazole rings is 2. The first-order valence-corrected chi connectivity index (χ1v) is 9.38. The van der Waals surface area contributed by atoms with Gasteiger partial charge in [-0.05, 0) is 38.7 Å². The Morgan fingerprint density at radius 2 is 2.22 bits per heavy atom. The first-order chi connectivity index (χ1) is 11.2. The molecule has 0 atom stereocenters. The van der Waals surface area contributed by atoms with Crippen LogP contribution in [0, 0.1) is 6.92 Å². The summed E-state index contributed by atoms with van der Waals surface area (Å²) in [6, 6.07) is 0. The Morgan fingerprint density at radius 3 is 2.91 bits per heavy atom. The quantitative estimate of drug-likeness (QED) is 0.607. The van der Waals surface area contributed by atoms with Crippen LogP contribution < -0.4 is 4.90 Å². The van der Waals surface area contributed by atoms with Gasteiger partial charge in [0.05, 0.1) is 16.4 Å². The topological polar surface area (TPSA) is 46.1 Å². The van der Waals surface area contributed by atoms with E-state index in [0.717, 1.165) is 34.4 Å². The van der Waals surface area contributed by atoms with E-state index in [0.29, 0.717) is 6.54 Å². The second-order valence-electron chi connectivity index (χ2n) is 5.44. The molecule has 1 aliphatic rings. The van der Waals surface area contributed by atoms with Gasteiger partial charge in [-0.3, -0.25) is 9.69 Å². The van der Waals surface area contributed by atoms with Gasteiger partial charge in [0, 0.05) is 22.9 Å². The molecule has 1 amide bonds. The van der Waals surface area contributed by atoms with Crippen molar-refractivity contribution >= 4 is 39.8 Å². The number of anilines is 1. The van der Waals surface area contributed by atoms with E-state index in [1.165, 1.54) is 17.7 Å². The third-order valence-electron chi connectivity index (χ3n) is 3.68. The Morgan fingerprint density at radius 1 is 1.39 bits per heavy atom. The molecule has 0 saturated heterocycles. The van der Waals surface area contributed by atoms with Crippen molar-refractivity contribution in [1.82, 2.24) is 9.97 Å². The lowest BCUT2D eigenvalue weighted by Gasteiger charge is -2.15. The Balaban J connectivity index is 1.80. The SMILES string of the molecule is C=CCN(C(=O)C=Cc1csc(C)n1)c1nc2c(s1)CCCC2. The summed E-state index contributed by atoms with van der Waals surface area (Å²) in [7, 11) is 0. The van der Waals surface area contributed by atoms with Crippen LogP contribution in [0.1, 0.15) is 34.1 Å². The molecule has 2 heterocycles. The summed E-state index contributed by atoms with van der Waals surface area (Å²) in [6.45, 7) is 6.18. The lowest BCUT2D eigenvalue weighted by molar-refractivity contribution is -0.114. The first-order valence-electron chi connectivity index (χ1n) is 7.68. The molecule has 0 aromatic carbocycles. The minimum atomic E-state index is -0.0818. The summed E-state index contributed by atoms with van der Waals surface area (Å²) < 4.78 is 0. The van der Waals surface area contributed by atoms with E-state index in [2.05, 4.69) is 16.5 Å². The van der Waals surface area contributed by atoms with Gasteiger partial charge in [-0.2, -0.15) is 0 Å². The molecule has 0 bridgehead atoms. The minimum Gasteiger partial charge on any atom is -0.281 e. The van der Waals surface area contributed by atoms with Crippen LogP contribution >= 0.6 is 22.7 Å². The molecule has 0 spiro atoms. The highest BCUT2D eigenvalue weighted by atomic mass is 32.1. The van der Waals surface area contributed by atoms with Gasteiger partial charge in [0.15, 0.2) is 5.13 Å². The van der Waals surface area contributed by atoms with Gasteiger partial charge in [-0.25, -0.2) is 9.97 Å². The average molecular weight is 345 g/mol. The van der Waals surface area contributed by atoms with Crippen LogP contribution in [0.4, 0.5) is 5.13 Å². The Bertz CT molecular complexity index is 721. The summed E-state index contributed by atoms with van der Waals surface area (Å²) in [5.74, 6) is -0.0818. The molecule has 120 valence electrons. The summed E-state index contributed by atoms with van der Waals surface area (Å²) in [4.78, 5) is 24.6. The zero-order valence-electron chi connectivity index (χ0n) is 13.1. The van der Waals surface area contributed by atoms with Crippen molar-refractivity contribution in [3.63, 3.8) is 0 Å². The largest absolute Gasteiger partial charge is 0.281 e. The van der Waals surface area contributed by atoms with Gasteiger partial charge in [0.2, 0.25) is 0 Å². The molecule has 0 unspecified atom stereocenters. The number of aromatic nitrogens is 2. The smallest absolute Gasteiger partial charge is 0.253 e. The third-order valence-corrected chi connectivity index (χ3v) is 5.65. The van der Waals surface area contributed by atoms with Crippen molar-refractivity contribution in [2.45, 2.75) is 32.6 Å². The standard InChI is InChI=1S/C17H19N3OS2/c1-3-10-20(16(21)9-8-13-11-22-12(2)18-13)17-19-14-6-4-5-7-15(14)23-17/h3,8-9,11H,1,4-7,10H2,2H3. The molecule has 0 radical (unpaired) electrons. The van der Waals surface area contributed by atoms with Crippen molar-refractivity contribution < 1.29 is 4.79 Å². The number of carbonyl (C=O) groups excluding carboxylic acids is 1. The molecule has 0 fully saturated rings. The monoisotopic (exact) mass is 345 g/mol. The van der Waals surface area contributed by atoms with Gasteiger partial charge < -0.3 is 0 Å². The third kappa shape index (κ3) is 3.76. The number of rotatable bonds is 5. The van der Waals surface area contributed by atoms with Crippen LogP contribution in [0.25, 0.3) is 6.08 Å². The maximum Gasteiger partial charge on any atom is 0.253 e. The van der Waals surface area contributed by atoms with Crippen molar-refractivity contribution in [2.75, 3.05) is 11.4 Å². The molecule has 0 N–H and O–H groups in total. The number of hydrogen-bond donors (Lipinski definition) is 0. The highest BCUT2D eigenvalue weighted by Gasteiger charge is 2.21. The average Bonchev–Trinajstić information content (AvgIpc) is 3.16. The van der Waals surface area contributed by atoms with E-state index >= 15 is 0 Å². The van der Waals surface area contributed by atoms with E-state index in [4.69, 9.17) is 0 Å². The van der Waals surface area contributed by atoms with Gasteiger partial charge in [0.1, 0.15) is 0 Å². The maximum atomic E-state index is 12.6. The fourth-order valence-corrected chi connectivity index (χ4v) is 4.29. The summed E-state index contributed by atoms with van der Waals surface area (Å²) in [6.07, 6.45) is 9.57. The molecule has 1 aliphatic carbocycles. The Hall–Kier alpha value is -1.79. The predicted octanol–water partition coefficient (Wildman–Crippen LogP) is 4.02. The zero-order valence-corrected chi connectivity index (χ0v) is 14.8. The number of hydrogen-bond acceptors (Lipinski definition) is 5. The number of aryl methyl sites for hydroxylation is 3. The summed E-state index contributed by atoms with van der Waals surface area (Å²) in [5.41, 5.74) is 1.98. The van der Waals surface area contributed by atoms with Crippen LogP contribution in [0.15, 0.2) is 24.1 Å². The molecule has 2 aromatic heterocycles. The van der Waals surface area contributed by atoms with Crippen molar-refractivity contribution in [3.05, 3.63) is 45.4 Å². The fourth-order valence-electron chi connectivity index (χ4n) is 2.55. The number of fused-ring (bicyclic) bond motifs is 1. The molecule has 4 nitrogen and oxygen atoms in total. The highest BCUT2D eigenvalue weighted by Crippen LogP contribution is 2.32. The van der Waals surface area contributed by atoms with Crippen LogP contribution in [0.3, 0.4) is 0 Å². The zero-order chi connectivity index (χ0) is 16.2. The number of carbonyl (C=O) groups is 1. The molecule has 23 heavy (non-hydrogen) atoms. The van der Waals surface area contributed by atoms with Crippen LogP contribution in [0.2, 0.25) is 0 Å². The van der Waals surface area contributed by atoms with Gasteiger partial charge in [0.25, 0.3) is 5.91 Å². The van der Waals surface area contributed by atoms with Crippen LogP contribution in [-0.2, 0) is 17.6 Å². The lowest BCUT2D eigenvalue weighted by atomic mass is 10.0. The summed E-state index contributed by atoms with van der Waals surface area (Å²) in [5, 5.41) is 3.72. The van der Waals surface area contributed by atoms with Crippen molar-refractivity contribution in [1.29, 1.82) is 0 Å². The predicted molar refractivity (Wildman–Crippen MR) is 97.2 cm³/mol. The minimum absolute atomic E-state index is 0.0818. The highest BCUT2D eigenvalue weighted by molar-refractivity contribution is 7.16. The first kappa shape index (κ1) is 16.1. The molecule has 3 rings (SSSR count). The molecular weight excluding hydrogens is 326 g/mol. The van der Waals surface area contributed by atoms with Crippen LogP contribution in [0.5, 0.6) is 0 Å². The Kier molecular flexibility index (Phi) is 5.03. The summed E-state index contributed by atoms with van der Waals surface area (Å²) >= 11 is 3.21. The second-order valence-corrected chi connectivity index (χ2v) is 7.56. The van der Waals surface area contributed by atoms with E-state index in [9.17, 15) is 4.79 Å². The number of nitrogens with zero attached hydrogens (tertiary/aromatic N) is 3. The second kappa shape index (κ2) is 7.19. The van der Waals surface area contributed by atoms with E-state index in [-0.39, 0.29) is 5.91 Å². The number of amides is 1. The molecule has 0 saturated carbocycles. The fraction of sp³-hybridized carbons (Fsp3) is 0.353. The van der Waals surface area contributed by atoms with Crippen molar-refractivity contribution in [3.8, 4) is 0 Å². The van der Waals surface area contributed by atoms with E-state index in [1.54, 1.807) is 45.8 Å². The van der Waals surface area contributed by atoms with Gasteiger partial charge >= 0.3 is 0 Å². The van der Waals surface area contributed by atoms with E-state index < -0.39 is 0 Å². The molecule has 6 heteroatoms. The van der Waals surface area contributed by atoms with Gasteiger partial charge in [-0.1, -0.05) is 6.08 Å². The van der Waals surface area contributed by atoms with E-state index in [1.807, 2.05) is 12.3 Å². The molecule has 0 aliphatic heterocycles. The molecular formula is C17H19N3OS2.